The van der Waals surface area contributed by atoms with E-state index in [4.69, 9.17) is 5.73 Å². The van der Waals surface area contributed by atoms with Gasteiger partial charge >= 0.3 is 0 Å². The minimum absolute atomic E-state index is 0.450. The predicted octanol–water partition coefficient (Wildman–Crippen LogP) is 2.45. The highest BCUT2D eigenvalue weighted by Gasteiger charge is 2.41. The van der Waals surface area contributed by atoms with Gasteiger partial charge in [-0.1, -0.05) is 39.0 Å². The standard InChI is InChI=1S/C12H25NO/c1-2-3-4-5-6-9-12(14,10-13)11-7-8-11/h11,14H,2-10,13H2,1H3. The number of nitrogens with two attached hydrogens (primary N) is 1. The molecule has 1 aliphatic rings. The molecular formula is C12H25NO. The highest BCUT2D eigenvalue weighted by Crippen LogP contribution is 2.41. The van der Waals surface area contributed by atoms with Crippen LogP contribution >= 0.6 is 0 Å². The first-order valence-electron chi connectivity index (χ1n) is 6.15. The second-order valence-electron chi connectivity index (χ2n) is 4.75. The second-order valence-corrected chi connectivity index (χ2v) is 4.75. The van der Waals surface area contributed by atoms with Crippen molar-refractivity contribution in [3.05, 3.63) is 0 Å². The zero-order valence-corrected chi connectivity index (χ0v) is 9.47. The van der Waals surface area contributed by atoms with Gasteiger partial charge in [0.25, 0.3) is 0 Å². The third-order valence-electron chi connectivity index (χ3n) is 3.40. The molecule has 0 aromatic rings. The summed E-state index contributed by atoms with van der Waals surface area (Å²) in [5.41, 5.74) is 5.12. The summed E-state index contributed by atoms with van der Waals surface area (Å²) in [6.45, 7) is 2.67. The first-order chi connectivity index (χ1) is 6.73. The Balaban J connectivity index is 2.08. The van der Waals surface area contributed by atoms with E-state index in [1.807, 2.05) is 0 Å². The quantitative estimate of drug-likeness (QED) is 0.590. The number of unbranched alkanes of at least 4 members (excludes halogenated alkanes) is 4. The Morgan fingerprint density at radius 1 is 1.21 bits per heavy atom. The lowest BCUT2D eigenvalue weighted by atomic mass is 9.91. The van der Waals surface area contributed by atoms with Gasteiger partial charge in [0.2, 0.25) is 0 Å². The van der Waals surface area contributed by atoms with E-state index in [-0.39, 0.29) is 0 Å². The fourth-order valence-electron chi connectivity index (χ4n) is 2.13. The molecule has 1 atom stereocenters. The Morgan fingerprint density at radius 3 is 2.36 bits per heavy atom. The molecule has 1 rings (SSSR count). The lowest BCUT2D eigenvalue weighted by molar-refractivity contribution is 0.0154. The molecule has 2 nitrogen and oxygen atoms in total. The number of rotatable bonds is 8. The van der Waals surface area contributed by atoms with Crippen LogP contribution in [-0.4, -0.2) is 17.3 Å². The maximum Gasteiger partial charge on any atom is 0.0797 e. The SMILES string of the molecule is CCCCCCCC(O)(CN)C1CC1. The van der Waals surface area contributed by atoms with Crippen LogP contribution < -0.4 is 5.73 Å². The van der Waals surface area contributed by atoms with Gasteiger partial charge in [-0.3, -0.25) is 0 Å². The summed E-state index contributed by atoms with van der Waals surface area (Å²) in [5.74, 6) is 0.513. The summed E-state index contributed by atoms with van der Waals surface area (Å²) < 4.78 is 0. The minimum Gasteiger partial charge on any atom is -0.388 e. The number of hydrogen-bond acceptors (Lipinski definition) is 2. The Hall–Kier alpha value is -0.0800. The van der Waals surface area contributed by atoms with Crippen molar-refractivity contribution in [1.29, 1.82) is 0 Å². The van der Waals surface area contributed by atoms with Crippen LogP contribution in [0.25, 0.3) is 0 Å². The molecule has 0 amide bonds. The third kappa shape index (κ3) is 3.58. The van der Waals surface area contributed by atoms with E-state index < -0.39 is 5.60 Å². The summed E-state index contributed by atoms with van der Waals surface area (Å²) in [4.78, 5) is 0. The van der Waals surface area contributed by atoms with Crippen molar-refractivity contribution in [2.45, 2.75) is 63.9 Å². The Bertz CT molecular complexity index is 156. The van der Waals surface area contributed by atoms with Crippen molar-refractivity contribution < 1.29 is 5.11 Å². The van der Waals surface area contributed by atoms with Crippen LogP contribution in [0.3, 0.4) is 0 Å². The number of aliphatic hydroxyl groups is 1. The van der Waals surface area contributed by atoms with Crippen LogP contribution in [0.2, 0.25) is 0 Å². The van der Waals surface area contributed by atoms with Crippen molar-refractivity contribution >= 4 is 0 Å². The van der Waals surface area contributed by atoms with Crippen LogP contribution in [0.5, 0.6) is 0 Å². The van der Waals surface area contributed by atoms with Gasteiger partial charge in [-0.05, 0) is 25.2 Å². The van der Waals surface area contributed by atoms with Crippen LogP contribution in [-0.2, 0) is 0 Å². The molecule has 0 radical (unpaired) electrons. The molecule has 84 valence electrons. The van der Waals surface area contributed by atoms with E-state index in [0.717, 1.165) is 12.8 Å². The minimum atomic E-state index is -0.522. The van der Waals surface area contributed by atoms with Gasteiger partial charge < -0.3 is 10.8 Å². The van der Waals surface area contributed by atoms with Gasteiger partial charge in [0.05, 0.1) is 5.60 Å². The summed E-state index contributed by atoms with van der Waals surface area (Å²) >= 11 is 0. The van der Waals surface area contributed by atoms with E-state index in [1.165, 1.54) is 38.5 Å². The van der Waals surface area contributed by atoms with Crippen LogP contribution in [0.4, 0.5) is 0 Å². The molecule has 0 bridgehead atoms. The largest absolute Gasteiger partial charge is 0.388 e. The van der Waals surface area contributed by atoms with E-state index in [9.17, 15) is 5.11 Å². The highest BCUT2D eigenvalue weighted by molar-refractivity contribution is 4.95. The molecule has 1 saturated carbocycles. The van der Waals surface area contributed by atoms with Crippen molar-refractivity contribution in [3.63, 3.8) is 0 Å². The molecule has 0 aromatic heterocycles. The molecular weight excluding hydrogens is 174 g/mol. The molecule has 1 fully saturated rings. The molecule has 1 aliphatic carbocycles. The first kappa shape index (κ1) is 12.0. The lowest BCUT2D eigenvalue weighted by Gasteiger charge is -2.26. The summed E-state index contributed by atoms with van der Waals surface area (Å²) in [7, 11) is 0. The van der Waals surface area contributed by atoms with Crippen molar-refractivity contribution in [3.8, 4) is 0 Å². The Kier molecular flexibility index (Phi) is 4.90. The molecule has 0 aliphatic heterocycles. The fourth-order valence-corrected chi connectivity index (χ4v) is 2.13. The maximum absolute atomic E-state index is 10.2. The zero-order valence-electron chi connectivity index (χ0n) is 9.47. The average molecular weight is 199 g/mol. The molecule has 0 heterocycles. The zero-order chi connectivity index (χ0) is 10.4. The van der Waals surface area contributed by atoms with Crippen LogP contribution in [0, 0.1) is 5.92 Å². The van der Waals surface area contributed by atoms with E-state index in [2.05, 4.69) is 6.92 Å². The van der Waals surface area contributed by atoms with E-state index >= 15 is 0 Å². The van der Waals surface area contributed by atoms with Crippen molar-refractivity contribution in [2.24, 2.45) is 11.7 Å². The van der Waals surface area contributed by atoms with Crippen LogP contribution in [0.15, 0.2) is 0 Å². The third-order valence-corrected chi connectivity index (χ3v) is 3.40. The number of hydrogen-bond donors (Lipinski definition) is 2. The van der Waals surface area contributed by atoms with Crippen molar-refractivity contribution in [2.75, 3.05) is 6.54 Å². The fraction of sp³-hybridized carbons (Fsp3) is 1.00. The lowest BCUT2D eigenvalue weighted by Crippen LogP contribution is -2.39. The summed E-state index contributed by atoms with van der Waals surface area (Å²) in [5, 5.41) is 10.2. The van der Waals surface area contributed by atoms with Gasteiger partial charge in [0.15, 0.2) is 0 Å². The topological polar surface area (TPSA) is 46.2 Å². The maximum atomic E-state index is 10.2. The first-order valence-corrected chi connectivity index (χ1v) is 6.15. The second kappa shape index (κ2) is 5.72. The van der Waals surface area contributed by atoms with Gasteiger partial charge in [-0.25, -0.2) is 0 Å². The van der Waals surface area contributed by atoms with E-state index in [0.29, 0.717) is 12.5 Å². The Labute approximate surface area is 87.9 Å². The van der Waals surface area contributed by atoms with Gasteiger partial charge in [0, 0.05) is 6.54 Å². The molecule has 1 unspecified atom stereocenters. The summed E-state index contributed by atoms with van der Waals surface area (Å²) in [6, 6.07) is 0. The van der Waals surface area contributed by atoms with Crippen LogP contribution in [0.1, 0.15) is 58.3 Å². The summed E-state index contributed by atoms with van der Waals surface area (Å²) in [6.07, 6.45) is 9.59. The average Bonchev–Trinajstić information content (AvgIpc) is 3.01. The molecule has 0 spiro atoms. The molecule has 2 heteroatoms. The highest BCUT2D eigenvalue weighted by atomic mass is 16.3. The Morgan fingerprint density at radius 2 is 1.86 bits per heavy atom. The van der Waals surface area contributed by atoms with E-state index in [1.54, 1.807) is 0 Å². The molecule has 0 saturated heterocycles. The molecule has 3 N–H and O–H groups in total. The van der Waals surface area contributed by atoms with Crippen molar-refractivity contribution in [1.82, 2.24) is 0 Å². The van der Waals surface area contributed by atoms with Gasteiger partial charge in [0.1, 0.15) is 0 Å². The normalized spacial score (nSPS) is 20.8. The molecule has 0 aromatic carbocycles. The molecule has 14 heavy (non-hydrogen) atoms. The monoisotopic (exact) mass is 199 g/mol. The smallest absolute Gasteiger partial charge is 0.0797 e. The van der Waals surface area contributed by atoms with Gasteiger partial charge in [-0.2, -0.15) is 0 Å². The van der Waals surface area contributed by atoms with Gasteiger partial charge in [-0.15, -0.1) is 0 Å². The predicted molar refractivity (Wildman–Crippen MR) is 60.1 cm³/mol.